The van der Waals surface area contributed by atoms with Crippen molar-refractivity contribution in [2.75, 3.05) is 23.4 Å². The fourth-order valence-electron chi connectivity index (χ4n) is 4.97. The summed E-state index contributed by atoms with van der Waals surface area (Å²) in [6.07, 6.45) is 5.72. The van der Waals surface area contributed by atoms with Gasteiger partial charge in [0, 0.05) is 44.5 Å². The van der Waals surface area contributed by atoms with Crippen LogP contribution in [0.4, 0.5) is 11.4 Å². The number of hydrogen-bond donors (Lipinski definition) is 1. The fourth-order valence-corrected chi connectivity index (χ4v) is 5.72. The maximum atomic E-state index is 13.2. The largest absolute Gasteiger partial charge is 0.464 e. The number of thiazole rings is 1. The van der Waals surface area contributed by atoms with Gasteiger partial charge >= 0.3 is 0 Å². The van der Waals surface area contributed by atoms with E-state index in [2.05, 4.69) is 10.3 Å². The minimum absolute atomic E-state index is 0.0761. The number of anilines is 2. The lowest BCUT2D eigenvalue weighted by molar-refractivity contribution is -0.137. The summed E-state index contributed by atoms with van der Waals surface area (Å²) in [6, 6.07) is 9.29. The zero-order valence-electron chi connectivity index (χ0n) is 21.9. The number of nitrogens with zero attached hydrogens (tertiary/aromatic N) is 4. The Kier molecular flexibility index (Phi) is 6.93. The smallest absolute Gasteiger partial charge is 0.261 e. The molecule has 5 rings (SSSR count). The molecule has 0 aliphatic carbocycles. The van der Waals surface area contributed by atoms with Crippen LogP contribution in [0.3, 0.4) is 0 Å². The average molecular weight is 534 g/mol. The molecule has 0 radical (unpaired) electrons. The Hall–Kier alpha value is -3.76. The van der Waals surface area contributed by atoms with E-state index in [1.807, 2.05) is 36.6 Å². The maximum absolute atomic E-state index is 13.2. The molecule has 4 aromatic rings. The maximum Gasteiger partial charge on any atom is 0.261 e. The zero-order chi connectivity index (χ0) is 27.0. The highest BCUT2D eigenvalue weighted by atomic mass is 32.1. The van der Waals surface area contributed by atoms with Crippen molar-refractivity contribution in [1.29, 1.82) is 0 Å². The monoisotopic (exact) mass is 533 g/mol. The molecule has 4 heterocycles. The first-order valence-electron chi connectivity index (χ1n) is 12.6. The average Bonchev–Trinajstić information content (AvgIpc) is 3.61. The van der Waals surface area contributed by atoms with Crippen LogP contribution in [0.25, 0.3) is 11.0 Å². The molecule has 1 aromatic carbocycles. The van der Waals surface area contributed by atoms with Gasteiger partial charge in [-0.2, -0.15) is 0 Å². The topological polar surface area (TPSA) is 101 Å². The molecule has 38 heavy (non-hydrogen) atoms. The lowest BCUT2D eigenvalue weighted by Crippen LogP contribution is -2.47. The number of aryl methyl sites for hydroxylation is 1. The van der Waals surface area contributed by atoms with E-state index in [1.54, 1.807) is 65.1 Å². The molecule has 1 unspecified atom stereocenters. The minimum atomic E-state index is -1.14. The van der Waals surface area contributed by atoms with Crippen molar-refractivity contribution in [2.45, 2.75) is 46.3 Å². The normalized spacial score (nSPS) is 16.1. The molecule has 0 bridgehead atoms. The van der Waals surface area contributed by atoms with Crippen molar-refractivity contribution in [3.05, 3.63) is 75.3 Å². The third-order valence-corrected chi connectivity index (χ3v) is 8.07. The van der Waals surface area contributed by atoms with Crippen molar-refractivity contribution in [3.8, 4) is 0 Å². The first-order valence-corrected chi connectivity index (χ1v) is 13.5. The number of fused-ring (bicyclic) bond motifs is 2. The number of carbonyl (C=O) groups is 2. The molecule has 9 nitrogen and oxygen atoms in total. The summed E-state index contributed by atoms with van der Waals surface area (Å²) in [4.78, 5) is 46.9. The first kappa shape index (κ1) is 25.9. The molecule has 1 aliphatic rings. The van der Waals surface area contributed by atoms with Crippen LogP contribution in [0, 0.1) is 5.41 Å². The minimum Gasteiger partial charge on any atom is -0.464 e. The van der Waals surface area contributed by atoms with Gasteiger partial charge in [-0.25, -0.2) is 4.98 Å². The lowest BCUT2D eigenvalue weighted by atomic mass is 9.90. The molecule has 1 N–H and O–H groups in total. The van der Waals surface area contributed by atoms with Crippen molar-refractivity contribution >= 4 is 45.5 Å². The van der Waals surface area contributed by atoms with E-state index in [9.17, 15) is 14.4 Å². The third kappa shape index (κ3) is 4.54. The van der Waals surface area contributed by atoms with Gasteiger partial charge in [0.1, 0.15) is 16.0 Å². The Morgan fingerprint density at radius 2 is 1.92 bits per heavy atom. The number of furan rings is 1. The Bertz CT molecular complexity index is 1540. The summed E-state index contributed by atoms with van der Waals surface area (Å²) in [5.74, 6) is -0.431. The fraction of sp³-hybridized carbons (Fsp3) is 0.357. The standard InChI is InChI=1S/C28H31N5O4S/c1-5-33-21-7-6-18(16-22(21)31(4)26(35)28(2,3)27(33)36)17-30-20(24-29-11-15-38-24)8-12-32-13-9-23-19(25(32)34)10-14-37-23/h6-7,9-11,13-16,20,30H,5,8,12,17H2,1-4H3. The molecule has 1 aliphatic heterocycles. The summed E-state index contributed by atoms with van der Waals surface area (Å²) in [5, 5.41) is 7.03. The van der Waals surface area contributed by atoms with Crippen LogP contribution < -0.4 is 20.7 Å². The molecule has 3 aromatic heterocycles. The number of amides is 2. The van der Waals surface area contributed by atoms with Gasteiger partial charge in [-0.05, 0) is 57.0 Å². The Morgan fingerprint density at radius 1 is 1.11 bits per heavy atom. The van der Waals surface area contributed by atoms with Gasteiger partial charge in [0.25, 0.3) is 5.56 Å². The highest BCUT2D eigenvalue weighted by Crippen LogP contribution is 2.38. The van der Waals surface area contributed by atoms with Gasteiger partial charge < -0.3 is 24.1 Å². The molecule has 10 heteroatoms. The van der Waals surface area contributed by atoms with E-state index in [0.29, 0.717) is 42.7 Å². The number of rotatable bonds is 8. The van der Waals surface area contributed by atoms with Crippen LogP contribution in [0.1, 0.15) is 43.8 Å². The molecule has 0 fully saturated rings. The van der Waals surface area contributed by atoms with Crippen LogP contribution in [-0.2, 0) is 22.7 Å². The summed E-state index contributed by atoms with van der Waals surface area (Å²) in [5.41, 5.74) is 1.78. The number of pyridine rings is 1. The van der Waals surface area contributed by atoms with Crippen molar-refractivity contribution in [1.82, 2.24) is 14.9 Å². The summed E-state index contributed by atoms with van der Waals surface area (Å²) >= 11 is 1.57. The van der Waals surface area contributed by atoms with Crippen molar-refractivity contribution in [3.63, 3.8) is 0 Å². The molecular formula is C28H31N5O4S. The van der Waals surface area contributed by atoms with E-state index in [0.717, 1.165) is 16.3 Å². The Morgan fingerprint density at radius 3 is 2.66 bits per heavy atom. The SMILES string of the molecule is CCN1C(=O)C(C)(C)C(=O)N(C)c2cc(CNC(CCn3ccc4occc4c3=O)c3nccs3)ccc21. The van der Waals surface area contributed by atoms with Crippen LogP contribution in [-0.4, -0.2) is 35.0 Å². The molecular weight excluding hydrogens is 502 g/mol. The summed E-state index contributed by atoms with van der Waals surface area (Å²) in [6.45, 7) is 6.79. The molecule has 198 valence electrons. The highest BCUT2D eigenvalue weighted by molar-refractivity contribution is 7.09. The second-order valence-corrected chi connectivity index (χ2v) is 10.9. The van der Waals surface area contributed by atoms with E-state index in [-0.39, 0.29) is 23.4 Å². The highest BCUT2D eigenvalue weighted by Gasteiger charge is 2.45. The molecule has 0 saturated carbocycles. The number of carbonyl (C=O) groups excluding carboxylic acids is 2. The van der Waals surface area contributed by atoms with E-state index in [4.69, 9.17) is 4.42 Å². The van der Waals surface area contributed by atoms with Crippen LogP contribution >= 0.6 is 11.3 Å². The third-order valence-electron chi connectivity index (χ3n) is 7.18. The molecule has 0 saturated heterocycles. The number of nitrogens with one attached hydrogen (secondary N) is 1. The van der Waals surface area contributed by atoms with E-state index >= 15 is 0 Å². The second-order valence-electron chi connectivity index (χ2n) is 9.97. The van der Waals surface area contributed by atoms with Gasteiger partial charge in [-0.1, -0.05) is 6.07 Å². The first-order chi connectivity index (χ1) is 18.2. The molecule has 1 atom stereocenters. The predicted molar refractivity (Wildman–Crippen MR) is 148 cm³/mol. The van der Waals surface area contributed by atoms with Gasteiger partial charge in [0.15, 0.2) is 0 Å². The van der Waals surface area contributed by atoms with Crippen LogP contribution in [0.5, 0.6) is 0 Å². The Balaban J connectivity index is 1.37. The van der Waals surface area contributed by atoms with Gasteiger partial charge in [0.05, 0.1) is 29.1 Å². The number of benzene rings is 1. The second kappa shape index (κ2) is 10.2. The lowest BCUT2D eigenvalue weighted by Gasteiger charge is -2.27. The van der Waals surface area contributed by atoms with Gasteiger partial charge in [0.2, 0.25) is 11.8 Å². The number of aromatic nitrogens is 2. The number of hydrogen-bond acceptors (Lipinski definition) is 7. The van der Waals surface area contributed by atoms with Crippen molar-refractivity contribution < 1.29 is 14.0 Å². The zero-order valence-corrected chi connectivity index (χ0v) is 22.7. The van der Waals surface area contributed by atoms with E-state index < -0.39 is 5.41 Å². The molecule has 2 amide bonds. The van der Waals surface area contributed by atoms with Gasteiger partial charge in [-0.3, -0.25) is 14.4 Å². The summed E-state index contributed by atoms with van der Waals surface area (Å²) < 4.78 is 7.03. The predicted octanol–water partition coefficient (Wildman–Crippen LogP) is 4.33. The van der Waals surface area contributed by atoms with E-state index in [1.165, 1.54) is 6.26 Å². The summed E-state index contributed by atoms with van der Waals surface area (Å²) in [7, 11) is 1.72. The van der Waals surface area contributed by atoms with Crippen LogP contribution in [0.2, 0.25) is 0 Å². The van der Waals surface area contributed by atoms with Gasteiger partial charge in [-0.15, -0.1) is 11.3 Å². The Labute approximate surface area is 224 Å². The van der Waals surface area contributed by atoms with Crippen LogP contribution in [0.15, 0.2) is 63.6 Å². The van der Waals surface area contributed by atoms with Crippen molar-refractivity contribution in [2.24, 2.45) is 5.41 Å². The molecule has 0 spiro atoms. The quantitative estimate of drug-likeness (QED) is 0.339.